The highest BCUT2D eigenvalue weighted by Crippen LogP contribution is 2.30. The molecule has 7 heteroatoms. The molecule has 0 saturated carbocycles. The quantitative estimate of drug-likeness (QED) is 0.631. The average Bonchev–Trinajstić information content (AvgIpc) is 2.76. The van der Waals surface area contributed by atoms with Crippen LogP contribution < -0.4 is 5.32 Å². The van der Waals surface area contributed by atoms with Gasteiger partial charge in [-0.05, 0) is 13.0 Å². The lowest BCUT2D eigenvalue weighted by molar-refractivity contribution is -0.384. The Bertz CT molecular complexity index is 517. The molecule has 0 aromatic heterocycles. The molecule has 2 unspecified atom stereocenters. The van der Waals surface area contributed by atoms with Gasteiger partial charge >= 0.3 is 5.97 Å². The van der Waals surface area contributed by atoms with E-state index in [1.807, 2.05) is 0 Å². The zero-order valence-electron chi connectivity index (χ0n) is 10.3. The van der Waals surface area contributed by atoms with Gasteiger partial charge in [0.1, 0.15) is 11.6 Å². The molecule has 0 spiro atoms. The summed E-state index contributed by atoms with van der Waals surface area (Å²) in [4.78, 5) is 21.6. The summed E-state index contributed by atoms with van der Waals surface area (Å²) in [6, 6.07) is 4.44. The van der Waals surface area contributed by atoms with E-state index in [0.29, 0.717) is 11.3 Å². The monoisotopic (exact) mass is 266 g/mol. The van der Waals surface area contributed by atoms with E-state index in [2.05, 4.69) is 5.32 Å². The molecular weight excluding hydrogens is 252 g/mol. The van der Waals surface area contributed by atoms with Crippen LogP contribution in [-0.4, -0.2) is 35.3 Å². The molecule has 19 heavy (non-hydrogen) atoms. The topological polar surface area (TPSA) is 102 Å². The van der Waals surface area contributed by atoms with E-state index in [-0.39, 0.29) is 18.9 Å². The fraction of sp³-hybridized carbons (Fsp3) is 0.417. The van der Waals surface area contributed by atoms with Gasteiger partial charge < -0.3 is 15.2 Å². The van der Waals surface area contributed by atoms with Gasteiger partial charge in [-0.2, -0.15) is 0 Å². The first-order valence-corrected chi connectivity index (χ1v) is 5.82. The fourth-order valence-electron chi connectivity index (χ4n) is 2.16. The van der Waals surface area contributed by atoms with E-state index >= 15 is 0 Å². The highest BCUT2D eigenvalue weighted by molar-refractivity contribution is 5.73. The first-order chi connectivity index (χ1) is 9.00. The maximum absolute atomic E-state index is 11.0. The minimum atomic E-state index is -0.967. The summed E-state index contributed by atoms with van der Waals surface area (Å²) >= 11 is 0. The number of carboxylic acids is 1. The maximum atomic E-state index is 11.0. The maximum Gasteiger partial charge on any atom is 0.311 e. The Hall–Kier alpha value is -2.15. The van der Waals surface area contributed by atoms with E-state index in [1.54, 1.807) is 25.1 Å². The molecule has 0 bridgehead atoms. The van der Waals surface area contributed by atoms with Crippen LogP contribution in [0.1, 0.15) is 5.56 Å². The second-order valence-electron chi connectivity index (χ2n) is 4.46. The van der Waals surface area contributed by atoms with Crippen LogP contribution in [0, 0.1) is 23.0 Å². The molecule has 1 aliphatic heterocycles. The molecule has 1 fully saturated rings. The van der Waals surface area contributed by atoms with Gasteiger partial charge in [0, 0.05) is 5.56 Å². The van der Waals surface area contributed by atoms with Gasteiger partial charge in [-0.25, -0.2) is 0 Å². The van der Waals surface area contributed by atoms with Crippen molar-refractivity contribution in [3.8, 4) is 0 Å². The standard InChI is InChI=1S/C12H14N2O5/c1-7-3-2-4-9(11(7)14(17)18)13-10-6-19-5-8(10)12(15)16/h2-4,8,10,13H,5-6H2,1H3,(H,15,16). The second kappa shape index (κ2) is 5.23. The van der Waals surface area contributed by atoms with Crippen LogP contribution in [0.4, 0.5) is 11.4 Å². The molecule has 1 aliphatic rings. The fourth-order valence-corrected chi connectivity index (χ4v) is 2.16. The number of nitro groups is 1. The predicted molar refractivity (Wildman–Crippen MR) is 67.2 cm³/mol. The van der Waals surface area contributed by atoms with E-state index in [9.17, 15) is 14.9 Å². The first kappa shape index (κ1) is 13.3. The van der Waals surface area contributed by atoms with Crippen molar-refractivity contribution in [2.75, 3.05) is 18.5 Å². The molecule has 1 heterocycles. The van der Waals surface area contributed by atoms with E-state index in [4.69, 9.17) is 9.84 Å². The zero-order valence-corrected chi connectivity index (χ0v) is 10.3. The van der Waals surface area contributed by atoms with Gasteiger partial charge in [0.15, 0.2) is 0 Å². The van der Waals surface area contributed by atoms with Crippen LogP contribution in [0.25, 0.3) is 0 Å². The Kier molecular flexibility index (Phi) is 3.66. The summed E-state index contributed by atoms with van der Waals surface area (Å²) in [6.45, 7) is 1.98. The van der Waals surface area contributed by atoms with Crippen molar-refractivity contribution in [2.45, 2.75) is 13.0 Å². The number of aryl methyl sites for hydroxylation is 1. The predicted octanol–water partition coefficient (Wildman–Crippen LogP) is 1.41. The molecule has 2 atom stereocenters. The van der Waals surface area contributed by atoms with Crippen molar-refractivity contribution in [2.24, 2.45) is 5.92 Å². The van der Waals surface area contributed by atoms with Gasteiger partial charge in [0.05, 0.1) is 24.2 Å². The number of anilines is 1. The van der Waals surface area contributed by atoms with Crippen molar-refractivity contribution in [3.05, 3.63) is 33.9 Å². The lowest BCUT2D eigenvalue weighted by Gasteiger charge is -2.17. The number of benzene rings is 1. The number of nitrogens with one attached hydrogen (secondary N) is 1. The number of rotatable bonds is 4. The number of hydrogen-bond acceptors (Lipinski definition) is 5. The summed E-state index contributed by atoms with van der Waals surface area (Å²) < 4.78 is 5.12. The average molecular weight is 266 g/mol. The molecule has 1 aromatic carbocycles. The molecule has 102 valence electrons. The minimum Gasteiger partial charge on any atom is -0.481 e. The molecule has 0 aliphatic carbocycles. The number of para-hydroxylation sites is 1. The normalized spacial score (nSPS) is 22.2. The minimum absolute atomic E-state index is 0.0291. The number of ether oxygens (including phenoxy) is 1. The van der Waals surface area contributed by atoms with Crippen LogP contribution in [0.3, 0.4) is 0 Å². The summed E-state index contributed by atoms with van der Waals surface area (Å²) in [6.07, 6.45) is 0. The van der Waals surface area contributed by atoms with Crippen molar-refractivity contribution < 1.29 is 19.6 Å². The smallest absolute Gasteiger partial charge is 0.311 e. The number of nitro benzene ring substituents is 1. The summed E-state index contributed by atoms with van der Waals surface area (Å²) in [7, 11) is 0. The molecule has 0 amide bonds. The Labute approximate surface area is 109 Å². The van der Waals surface area contributed by atoms with Gasteiger partial charge in [-0.3, -0.25) is 14.9 Å². The van der Waals surface area contributed by atoms with Gasteiger partial charge in [-0.1, -0.05) is 12.1 Å². The number of aliphatic carboxylic acids is 1. The van der Waals surface area contributed by atoms with Crippen LogP contribution in [0.15, 0.2) is 18.2 Å². The number of nitrogens with zero attached hydrogens (tertiary/aromatic N) is 1. The van der Waals surface area contributed by atoms with Crippen LogP contribution in [0.2, 0.25) is 0 Å². The first-order valence-electron chi connectivity index (χ1n) is 5.82. The Morgan fingerprint density at radius 1 is 1.53 bits per heavy atom. The van der Waals surface area contributed by atoms with Gasteiger partial charge in [0.25, 0.3) is 5.69 Å². The Morgan fingerprint density at radius 3 is 2.89 bits per heavy atom. The molecule has 1 aromatic rings. The number of hydrogen-bond donors (Lipinski definition) is 2. The lowest BCUT2D eigenvalue weighted by atomic mass is 10.0. The number of carbonyl (C=O) groups is 1. The van der Waals surface area contributed by atoms with E-state index < -0.39 is 22.9 Å². The Morgan fingerprint density at radius 2 is 2.26 bits per heavy atom. The van der Waals surface area contributed by atoms with Crippen LogP contribution >= 0.6 is 0 Å². The largest absolute Gasteiger partial charge is 0.481 e. The summed E-state index contributed by atoms with van der Waals surface area (Å²) in [5.74, 6) is -1.66. The molecule has 0 radical (unpaired) electrons. The Balaban J connectivity index is 2.26. The summed E-state index contributed by atoms with van der Waals surface area (Å²) in [5.41, 5.74) is 0.825. The van der Waals surface area contributed by atoms with Crippen LogP contribution in [-0.2, 0) is 9.53 Å². The molecule has 2 N–H and O–H groups in total. The highest BCUT2D eigenvalue weighted by atomic mass is 16.6. The van der Waals surface area contributed by atoms with Crippen molar-refractivity contribution in [3.63, 3.8) is 0 Å². The van der Waals surface area contributed by atoms with Gasteiger partial charge in [0.2, 0.25) is 0 Å². The SMILES string of the molecule is Cc1cccc(NC2COCC2C(=O)O)c1[N+](=O)[O-]. The van der Waals surface area contributed by atoms with E-state index in [1.165, 1.54) is 0 Å². The van der Waals surface area contributed by atoms with Crippen molar-refractivity contribution >= 4 is 17.3 Å². The van der Waals surface area contributed by atoms with Crippen molar-refractivity contribution in [1.29, 1.82) is 0 Å². The molecule has 1 saturated heterocycles. The van der Waals surface area contributed by atoms with E-state index in [0.717, 1.165) is 0 Å². The second-order valence-corrected chi connectivity index (χ2v) is 4.46. The zero-order chi connectivity index (χ0) is 14.0. The third kappa shape index (κ3) is 2.65. The molecule has 7 nitrogen and oxygen atoms in total. The molecular formula is C12H14N2O5. The van der Waals surface area contributed by atoms with Crippen molar-refractivity contribution in [1.82, 2.24) is 0 Å². The third-order valence-corrected chi connectivity index (χ3v) is 3.16. The number of carboxylic acid groups (broad SMARTS) is 1. The van der Waals surface area contributed by atoms with Gasteiger partial charge in [-0.15, -0.1) is 0 Å². The summed E-state index contributed by atoms with van der Waals surface area (Å²) in [5, 5.41) is 23.0. The third-order valence-electron chi connectivity index (χ3n) is 3.16. The van der Waals surface area contributed by atoms with Crippen LogP contribution in [0.5, 0.6) is 0 Å². The lowest BCUT2D eigenvalue weighted by Crippen LogP contribution is -2.33. The highest BCUT2D eigenvalue weighted by Gasteiger charge is 2.35. The molecule has 2 rings (SSSR count).